The summed E-state index contributed by atoms with van der Waals surface area (Å²) in [6.45, 7) is 3.93. The molecular weight excluding hydrogens is 472 g/mol. The van der Waals surface area contributed by atoms with Crippen LogP contribution >= 0.6 is 27.5 Å². The van der Waals surface area contributed by atoms with E-state index in [0.29, 0.717) is 26.7 Å². The molecule has 152 valence electrons. The highest BCUT2D eigenvalue weighted by molar-refractivity contribution is 9.10. The minimum atomic E-state index is -0.574. The highest BCUT2D eigenvalue weighted by atomic mass is 79.9. The molecule has 0 radical (unpaired) electrons. The van der Waals surface area contributed by atoms with Crippen LogP contribution in [0.4, 0.5) is 0 Å². The molecule has 4 rings (SSSR count). The van der Waals surface area contributed by atoms with Gasteiger partial charge in [-0.2, -0.15) is 10.1 Å². The van der Waals surface area contributed by atoms with Crippen LogP contribution in [0.2, 0.25) is 5.02 Å². The molecule has 9 heteroatoms. The minimum Gasteiger partial charge on any atom is -0.461 e. The Morgan fingerprint density at radius 1 is 1.23 bits per heavy atom. The standard InChI is InChI=1S/C21H16BrClN4O3/c1-3-29-21(28)17-16(22)18(27(25-17)15-10-5-4-9-14(15)23)20-24-19(26-30-20)13-8-6-7-12(2)11-13/h4-11H,3H2,1-2H3. The van der Waals surface area contributed by atoms with Crippen molar-refractivity contribution in [2.24, 2.45) is 0 Å². The SMILES string of the molecule is CCOC(=O)c1nn(-c2ccccc2Cl)c(-c2nc(-c3cccc(C)c3)no2)c1Br. The Morgan fingerprint density at radius 2 is 2.03 bits per heavy atom. The van der Waals surface area contributed by atoms with Gasteiger partial charge in [-0.1, -0.05) is 52.7 Å². The van der Waals surface area contributed by atoms with Crippen LogP contribution in [0.3, 0.4) is 0 Å². The lowest BCUT2D eigenvalue weighted by atomic mass is 10.1. The van der Waals surface area contributed by atoms with E-state index in [2.05, 4.69) is 31.2 Å². The molecular formula is C21H16BrClN4O3. The molecule has 2 heterocycles. The summed E-state index contributed by atoms with van der Waals surface area (Å²) in [6, 6.07) is 14.9. The maximum absolute atomic E-state index is 12.4. The van der Waals surface area contributed by atoms with E-state index in [-0.39, 0.29) is 18.2 Å². The van der Waals surface area contributed by atoms with Gasteiger partial charge in [-0.15, -0.1) is 0 Å². The molecule has 0 aliphatic heterocycles. The zero-order valence-electron chi connectivity index (χ0n) is 16.1. The summed E-state index contributed by atoms with van der Waals surface area (Å²) in [5.74, 6) is 0.0291. The number of carbonyl (C=O) groups is 1. The van der Waals surface area contributed by atoms with Gasteiger partial charge in [0, 0.05) is 5.56 Å². The predicted octanol–water partition coefficient (Wildman–Crippen LogP) is 5.49. The van der Waals surface area contributed by atoms with E-state index in [1.165, 1.54) is 4.68 Å². The van der Waals surface area contributed by atoms with Crippen LogP contribution in [0.25, 0.3) is 28.7 Å². The zero-order chi connectivity index (χ0) is 21.3. The molecule has 4 aromatic rings. The van der Waals surface area contributed by atoms with Gasteiger partial charge in [-0.05, 0) is 48.0 Å². The number of carbonyl (C=O) groups excluding carboxylic acids is 1. The van der Waals surface area contributed by atoms with Crippen molar-refractivity contribution in [3.05, 3.63) is 69.3 Å². The fraction of sp³-hybridized carbons (Fsp3) is 0.143. The molecule has 7 nitrogen and oxygen atoms in total. The number of nitrogens with zero attached hydrogens (tertiary/aromatic N) is 4. The molecule has 0 spiro atoms. The maximum Gasteiger partial charge on any atom is 0.360 e. The number of benzene rings is 2. The van der Waals surface area contributed by atoms with Gasteiger partial charge in [0.15, 0.2) is 5.69 Å². The molecule has 0 amide bonds. The van der Waals surface area contributed by atoms with Gasteiger partial charge in [0.2, 0.25) is 5.82 Å². The fourth-order valence-electron chi connectivity index (χ4n) is 2.93. The third kappa shape index (κ3) is 3.76. The Bertz CT molecular complexity index is 1230. The third-order valence-electron chi connectivity index (χ3n) is 4.28. The number of aromatic nitrogens is 4. The lowest BCUT2D eigenvalue weighted by Crippen LogP contribution is -2.07. The van der Waals surface area contributed by atoms with E-state index < -0.39 is 5.97 Å². The van der Waals surface area contributed by atoms with Gasteiger partial charge < -0.3 is 9.26 Å². The van der Waals surface area contributed by atoms with Crippen LogP contribution in [0.5, 0.6) is 0 Å². The zero-order valence-corrected chi connectivity index (χ0v) is 18.4. The van der Waals surface area contributed by atoms with Crippen LogP contribution in [-0.2, 0) is 4.74 Å². The maximum atomic E-state index is 12.4. The molecule has 0 saturated carbocycles. The molecule has 2 aromatic heterocycles. The van der Waals surface area contributed by atoms with Gasteiger partial charge in [0.1, 0.15) is 5.69 Å². The van der Waals surface area contributed by atoms with Gasteiger partial charge in [-0.25, -0.2) is 9.48 Å². The molecule has 0 bridgehead atoms. The number of esters is 1. The number of hydrogen-bond donors (Lipinski definition) is 0. The number of aryl methyl sites for hydroxylation is 1. The molecule has 0 fully saturated rings. The van der Waals surface area contributed by atoms with Crippen molar-refractivity contribution in [1.82, 2.24) is 19.9 Å². The van der Waals surface area contributed by atoms with Gasteiger partial charge in [0.25, 0.3) is 5.89 Å². The van der Waals surface area contributed by atoms with Crippen molar-refractivity contribution in [3.63, 3.8) is 0 Å². The van der Waals surface area contributed by atoms with Crippen molar-refractivity contribution < 1.29 is 14.1 Å². The Kier molecular flexibility index (Phi) is 5.69. The summed E-state index contributed by atoms with van der Waals surface area (Å²) in [4.78, 5) is 16.9. The van der Waals surface area contributed by atoms with E-state index in [0.717, 1.165) is 11.1 Å². The molecule has 0 saturated heterocycles. The first kappa shape index (κ1) is 20.3. The lowest BCUT2D eigenvalue weighted by molar-refractivity contribution is 0.0518. The second-order valence-corrected chi connectivity index (χ2v) is 7.59. The first-order chi connectivity index (χ1) is 14.5. The summed E-state index contributed by atoms with van der Waals surface area (Å²) in [6.07, 6.45) is 0. The van der Waals surface area contributed by atoms with E-state index in [4.69, 9.17) is 20.9 Å². The van der Waals surface area contributed by atoms with Gasteiger partial charge in [-0.3, -0.25) is 0 Å². The number of halogens is 2. The molecule has 0 aliphatic rings. The van der Waals surface area contributed by atoms with Gasteiger partial charge in [0.05, 0.1) is 21.8 Å². The topological polar surface area (TPSA) is 83.0 Å². The van der Waals surface area contributed by atoms with Crippen molar-refractivity contribution in [1.29, 1.82) is 0 Å². The molecule has 2 aromatic carbocycles. The van der Waals surface area contributed by atoms with Crippen LogP contribution in [0.15, 0.2) is 57.5 Å². The average Bonchev–Trinajstić information content (AvgIpc) is 3.33. The molecule has 0 N–H and O–H groups in total. The van der Waals surface area contributed by atoms with E-state index in [1.54, 1.807) is 25.1 Å². The molecule has 30 heavy (non-hydrogen) atoms. The Labute approximate surface area is 185 Å². The van der Waals surface area contributed by atoms with E-state index in [9.17, 15) is 4.79 Å². The van der Waals surface area contributed by atoms with Crippen molar-refractivity contribution in [2.75, 3.05) is 6.61 Å². The summed E-state index contributed by atoms with van der Waals surface area (Å²) in [5.41, 5.74) is 2.93. The third-order valence-corrected chi connectivity index (χ3v) is 5.35. The fourth-order valence-corrected chi connectivity index (χ4v) is 3.73. The number of ether oxygens (including phenoxy) is 1. The Morgan fingerprint density at radius 3 is 2.77 bits per heavy atom. The molecule has 0 unspecified atom stereocenters. The van der Waals surface area contributed by atoms with Crippen LogP contribution in [0.1, 0.15) is 23.0 Å². The summed E-state index contributed by atoms with van der Waals surface area (Å²) in [5, 5.41) is 8.96. The largest absolute Gasteiger partial charge is 0.461 e. The van der Waals surface area contributed by atoms with Crippen molar-refractivity contribution in [2.45, 2.75) is 13.8 Å². The van der Waals surface area contributed by atoms with Crippen LogP contribution in [0, 0.1) is 6.92 Å². The lowest BCUT2D eigenvalue weighted by Gasteiger charge is -2.06. The number of para-hydroxylation sites is 1. The average molecular weight is 488 g/mol. The number of rotatable bonds is 5. The second-order valence-electron chi connectivity index (χ2n) is 6.39. The first-order valence-corrected chi connectivity index (χ1v) is 10.3. The van der Waals surface area contributed by atoms with Crippen molar-refractivity contribution >= 4 is 33.5 Å². The van der Waals surface area contributed by atoms with E-state index >= 15 is 0 Å². The smallest absolute Gasteiger partial charge is 0.360 e. The summed E-state index contributed by atoms with van der Waals surface area (Å²) in [7, 11) is 0. The van der Waals surface area contributed by atoms with Crippen LogP contribution in [-0.4, -0.2) is 32.5 Å². The summed E-state index contributed by atoms with van der Waals surface area (Å²) >= 11 is 9.83. The normalized spacial score (nSPS) is 10.9. The molecule has 0 atom stereocenters. The monoisotopic (exact) mass is 486 g/mol. The van der Waals surface area contributed by atoms with Crippen molar-refractivity contribution in [3.8, 4) is 28.7 Å². The predicted molar refractivity (Wildman–Crippen MR) is 116 cm³/mol. The van der Waals surface area contributed by atoms with Gasteiger partial charge >= 0.3 is 5.97 Å². The Hall–Kier alpha value is -2.97. The number of hydrogen-bond acceptors (Lipinski definition) is 6. The first-order valence-electron chi connectivity index (χ1n) is 9.11. The summed E-state index contributed by atoms with van der Waals surface area (Å²) < 4.78 is 12.5. The second kappa shape index (κ2) is 8.41. The highest BCUT2D eigenvalue weighted by Gasteiger charge is 2.28. The van der Waals surface area contributed by atoms with Crippen LogP contribution < -0.4 is 0 Å². The molecule has 0 aliphatic carbocycles. The Balaban J connectivity index is 1.89. The van der Waals surface area contributed by atoms with E-state index in [1.807, 2.05) is 37.3 Å². The highest BCUT2D eigenvalue weighted by Crippen LogP contribution is 2.35. The minimum absolute atomic E-state index is 0.0853. The quantitative estimate of drug-likeness (QED) is 0.346.